The molecule has 0 spiro atoms. The van der Waals surface area contributed by atoms with Gasteiger partial charge < -0.3 is 4.74 Å². The summed E-state index contributed by atoms with van der Waals surface area (Å²) in [5, 5.41) is 12.8. The van der Waals surface area contributed by atoms with Gasteiger partial charge in [-0.1, -0.05) is 56.3 Å². The van der Waals surface area contributed by atoms with E-state index in [-0.39, 0.29) is 12.3 Å². The van der Waals surface area contributed by atoms with Crippen LogP contribution in [0.5, 0.6) is 0 Å². The van der Waals surface area contributed by atoms with E-state index < -0.39 is 17.9 Å². The molecule has 1 aliphatic heterocycles. The Labute approximate surface area is 166 Å². The number of fused-ring (bicyclic) bond motifs is 1. The number of halogens is 3. The van der Waals surface area contributed by atoms with Crippen molar-refractivity contribution in [2.45, 2.75) is 45.4 Å². The molecule has 2 aliphatic rings. The normalized spacial score (nSPS) is 21.8. The van der Waals surface area contributed by atoms with Crippen LogP contribution in [-0.2, 0) is 17.6 Å². The van der Waals surface area contributed by atoms with Gasteiger partial charge in [-0.25, -0.2) is 0 Å². The number of aromatic nitrogens is 3. The van der Waals surface area contributed by atoms with Crippen molar-refractivity contribution in [3.05, 3.63) is 65.3 Å². The van der Waals surface area contributed by atoms with Gasteiger partial charge in [0.1, 0.15) is 6.10 Å². The number of aryl methyl sites for hydroxylation is 1. The van der Waals surface area contributed by atoms with Crippen LogP contribution >= 0.6 is 0 Å². The summed E-state index contributed by atoms with van der Waals surface area (Å²) in [5.41, 5.74) is 0.933. The molecule has 1 aromatic carbocycles. The lowest BCUT2D eigenvalue weighted by Crippen LogP contribution is -2.32. The minimum Gasteiger partial charge on any atom is -0.471 e. The highest BCUT2D eigenvalue weighted by Crippen LogP contribution is 2.38. The zero-order valence-corrected chi connectivity index (χ0v) is 16.1. The molecule has 2 atom stereocenters. The largest absolute Gasteiger partial charge is 0.471 e. The van der Waals surface area contributed by atoms with E-state index >= 15 is 0 Å². The Hall–Kier alpha value is -2.90. The highest BCUT2D eigenvalue weighted by molar-refractivity contribution is 5.82. The molecule has 2 aromatic rings. The predicted octanol–water partition coefficient (Wildman–Crippen LogP) is 4.56. The Bertz CT molecular complexity index is 989. The van der Waals surface area contributed by atoms with E-state index in [4.69, 9.17) is 4.74 Å². The third kappa shape index (κ3) is 3.83. The van der Waals surface area contributed by atoms with Gasteiger partial charge in [-0.3, -0.25) is 0 Å². The molecule has 0 bridgehead atoms. The highest BCUT2D eigenvalue weighted by atomic mass is 19.4. The van der Waals surface area contributed by atoms with E-state index in [0.717, 1.165) is 17.5 Å². The average molecular weight is 402 g/mol. The third-order valence-electron chi connectivity index (χ3n) is 5.15. The minimum atomic E-state index is -4.39. The van der Waals surface area contributed by atoms with Gasteiger partial charge >= 0.3 is 6.18 Å². The van der Waals surface area contributed by atoms with Crippen molar-refractivity contribution >= 4 is 11.5 Å². The number of rotatable bonds is 3. The lowest BCUT2D eigenvalue weighted by molar-refractivity contribution is -0.0961. The molecule has 8 heteroatoms. The predicted molar refractivity (Wildman–Crippen MR) is 103 cm³/mol. The van der Waals surface area contributed by atoms with Crippen molar-refractivity contribution in [1.82, 2.24) is 14.9 Å². The van der Waals surface area contributed by atoms with E-state index in [1.54, 1.807) is 4.68 Å². The maximum absolute atomic E-state index is 13.3. The van der Waals surface area contributed by atoms with Crippen molar-refractivity contribution < 1.29 is 17.9 Å². The summed E-state index contributed by atoms with van der Waals surface area (Å²) in [7, 11) is 0. The number of ether oxygens (including phenoxy) is 1. The topological polar surface area (TPSA) is 52.3 Å². The van der Waals surface area contributed by atoms with Crippen LogP contribution < -0.4 is 0 Å². The highest BCUT2D eigenvalue weighted by Gasteiger charge is 2.39. The molecule has 0 saturated heterocycles. The van der Waals surface area contributed by atoms with Gasteiger partial charge in [0.15, 0.2) is 11.6 Å². The van der Waals surface area contributed by atoms with Crippen LogP contribution in [0.25, 0.3) is 5.57 Å². The molecule has 0 N–H and O–H groups in total. The second-order valence-corrected chi connectivity index (χ2v) is 7.23. The summed E-state index contributed by atoms with van der Waals surface area (Å²) >= 11 is 0. The number of allylic oxidation sites excluding steroid dienone is 2. The molecule has 29 heavy (non-hydrogen) atoms. The second-order valence-electron chi connectivity index (χ2n) is 7.23. The molecule has 1 aromatic heterocycles. The Morgan fingerprint density at radius 2 is 1.86 bits per heavy atom. The zero-order chi connectivity index (χ0) is 20.6. The first-order chi connectivity index (χ1) is 13.9. The second kappa shape index (κ2) is 7.50. The van der Waals surface area contributed by atoms with Crippen molar-refractivity contribution in [2.24, 2.45) is 11.0 Å². The summed E-state index contributed by atoms with van der Waals surface area (Å²) in [4.78, 5) is 0. The quantitative estimate of drug-likeness (QED) is 0.757. The molecule has 2 heterocycles. The first-order valence-electron chi connectivity index (χ1n) is 9.59. The summed E-state index contributed by atoms with van der Waals surface area (Å²) in [5.74, 6) is 1.74. The number of alkyl halides is 3. The maximum atomic E-state index is 13.3. The smallest absolute Gasteiger partial charge is 0.412 e. The van der Waals surface area contributed by atoms with Gasteiger partial charge in [-0.2, -0.15) is 17.8 Å². The molecule has 0 amide bonds. The van der Waals surface area contributed by atoms with Gasteiger partial charge in [-0.15, -0.1) is 15.3 Å². The first kappa shape index (κ1) is 19.4. The molecule has 5 nitrogen and oxygen atoms in total. The Kier molecular flexibility index (Phi) is 5.02. The average Bonchev–Trinajstić information content (AvgIpc) is 3.10. The van der Waals surface area contributed by atoms with Gasteiger partial charge in [0, 0.05) is 30.8 Å². The molecule has 152 valence electrons. The van der Waals surface area contributed by atoms with Crippen LogP contribution in [0.3, 0.4) is 0 Å². The summed E-state index contributed by atoms with van der Waals surface area (Å²) in [6.45, 7) is 3.88. The molecule has 0 saturated carbocycles. The van der Waals surface area contributed by atoms with E-state index in [1.165, 1.54) is 6.08 Å². The van der Waals surface area contributed by atoms with Gasteiger partial charge in [-0.05, 0) is 11.1 Å². The van der Waals surface area contributed by atoms with Gasteiger partial charge in [0.05, 0.1) is 0 Å². The van der Waals surface area contributed by atoms with E-state index in [9.17, 15) is 13.2 Å². The molecule has 2 unspecified atom stereocenters. The summed E-state index contributed by atoms with van der Waals surface area (Å²) in [6, 6.07) is 9.32. The van der Waals surface area contributed by atoms with E-state index in [0.29, 0.717) is 30.1 Å². The van der Waals surface area contributed by atoms with E-state index in [2.05, 4.69) is 15.3 Å². The lowest BCUT2D eigenvalue weighted by Gasteiger charge is -2.30. The number of hydrogen-bond donors (Lipinski definition) is 0. The fraction of sp³-hybridized carbons (Fsp3) is 0.381. The maximum Gasteiger partial charge on any atom is 0.412 e. The number of benzene rings is 1. The van der Waals surface area contributed by atoms with Crippen molar-refractivity contribution in [2.75, 3.05) is 0 Å². The van der Waals surface area contributed by atoms with Crippen LogP contribution in [0.2, 0.25) is 0 Å². The van der Waals surface area contributed by atoms with Crippen LogP contribution in [0.4, 0.5) is 13.2 Å². The monoisotopic (exact) mass is 402 g/mol. The van der Waals surface area contributed by atoms with Crippen LogP contribution in [-0.4, -0.2) is 33.1 Å². The van der Waals surface area contributed by atoms with Gasteiger partial charge in [0.25, 0.3) is 0 Å². The summed E-state index contributed by atoms with van der Waals surface area (Å²) < 4.78 is 47.8. The Morgan fingerprint density at radius 1 is 1.10 bits per heavy atom. The fourth-order valence-corrected chi connectivity index (χ4v) is 3.56. The van der Waals surface area contributed by atoms with Crippen molar-refractivity contribution in [1.29, 1.82) is 0 Å². The fourth-order valence-electron chi connectivity index (χ4n) is 3.56. The number of nitrogens with zero attached hydrogens (tertiary/aromatic N) is 4. The molecule has 0 radical (unpaired) electrons. The molecule has 4 rings (SSSR count). The van der Waals surface area contributed by atoms with Crippen LogP contribution in [0, 0.1) is 5.92 Å². The van der Waals surface area contributed by atoms with Crippen molar-refractivity contribution in [3.63, 3.8) is 0 Å². The molecular weight excluding hydrogens is 381 g/mol. The number of hydrogen-bond acceptors (Lipinski definition) is 4. The standard InChI is InChI=1S/C21H21F3N4O/c1-3-18-25-26-19-11-13(2)20(27-28(18)19)29-17-12-15(21(22,23)24)9-10-16(17)14-7-5-4-6-8-14/h4-10,13,17H,3,11-12H2,1-2H3. The Morgan fingerprint density at radius 3 is 2.55 bits per heavy atom. The van der Waals surface area contributed by atoms with E-state index in [1.807, 2.05) is 44.2 Å². The molecule has 0 fully saturated rings. The Balaban J connectivity index is 1.68. The lowest BCUT2D eigenvalue weighted by atomic mass is 9.90. The summed E-state index contributed by atoms with van der Waals surface area (Å²) in [6.07, 6.45) is -1.56. The minimum absolute atomic E-state index is 0.103. The third-order valence-corrected chi connectivity index (χ3v) is 5.15. The van der Waals surface area contributed by atoms with Crippen LogP contribution in [0.1, 0.15) is 37.5 Å². The zero-order valence-electron chi connectivity index (χ0n) is 16.1. The van der Waals surface area contributed by atoms with Crippen LogP contribution in [0.15, 0.2) is 53.2 Å². The van der Waals surface area contributed by atoms with Crippen molar-refractivity contribution in [3.8, 4) is 0 Å². The molecule has 1 aliphatic carbocycles. The first-order valence-corrected chi connectivity index (χ1v) is 9.59. The SMILES string of the molecule is CCc1nnc2n1N=C(OC1CC(C(F)(F)F)=CC=C1c1ccccc1)C(C)C2. The van der Waals surface area contributed by atoms with Gasteiger partial charge in [0.2, 0.25) is 5.90 Å². The molecular formula is C21H21F3N4O.